The zero-order chi connectivity index (χ0) is 18.9. The number of nitrogens with one attached hydrogen (secondary N) is 2. The van der Waals surface area contributed by atoms with Crippen LogP contribution in [-0.4, -0.2) is 45.9 Å². The molecular formula is C18H26N4O3S. The number of rotatable bonds is 8. The fourth-order valence-electron chi connectivity index (χ4n) is 2.49. The lowest BCUT2D eigenvalue weighted by atomic mass is 10.1. The third-order valence-corrected chi connectivity index (χ3v) is 4.70. The summed E-state index contributed by atoms with van der Waals surface area (Å²) >= 11 is 1.67. The number of aromatic nitrogens is 1. The molecular weight excluding hydrogens is 352 g/mol. The van der Waals surface area contributed by atoms with Crippen LogP contribution in [0.3, 0.4) is 0 Å². The van der Waals surface area contributed by atoms with E-state index in [0.717, 1.165) is 28.0 Å². The van der Waals surface area contributed by atoms with Crippen LogP contribution < -0.4 is 24.8 Å². The van der Waals surface area contributed by atoms with Gasteiger partial charge in [-0.1, -0.05) is 0 Å². The maximum absolute atomic E-state index is 5.48. The second kappa shape index (κ2) is 9.86. The molecule has 26 heavy (non-hydrogen) atoms. The summed E-state index contributed by atoms with van der Waals surface area (Å²) in [4.78, 5) is 9.78. The topological polar surface area (TPSA) is 77.0 Å². The van der Waals surface area contributed by atoms with Gasteiger partial charge in [-0.2, -0.15) is 0 Å². The lowest BCUT2D eigenvalue weighted by Gasteiger charge is -2.16. The van der Waals surface area contributed by atoms with Crippen LogP contribution >= 0.6 is 11.3 Å². The van der Waals surface area contributed by atoms with Gasteiger partial charge in [0.1, 0.15) is 22.3 Å². The van der Waals surface area contributed by atoms with Gasteiger partial charge in [-0.05, 0) is 13.3 Å². The first-order chi connectivity index (χ1) is 12.6. The fourth-order valence-corrected chi connectivity index (χ4v) is 3.22. The molecule has 8 heteroatoms. The summed E-state index contributed by atoms with van der Waals surface area (Å²) in [6, 6.07) is 3.71. The first kappa shape index (κ1) is 19.8. The molecule has 142 valence electrons. The number of ether oxygens (including phenoxy) is 3. The highest BCUT2D eigenvalue weighted by molar-refractivity contribution is 7.11. The monoisotopic (exact) mass is 378 g/mol. The number of benzene rings is 1. The van der Waals surface area contributed by atoms with Crippen LogP contribution in [0.15, 0.2) is 23.3 Å². The van der Waals surface area contributed by atoms with Crippen LogP contribution in [0.2, 0.25) is 0 Å². The summed E-state index contributed by atoms with van der Waals surface area (Å²) in [6.45, 7) is 3.37. The molecule has 0 aliphatic carbocycles. The Hall–Kier alpha value is -2.48. The Morgan fingerprint density at radius 3 is 2.31 bits per heavy atom. The molecule has 0 spiro atoms. The second-order valence-corrected chi connectivity index (χ2v) is 6.80. The molecule has 0 radical (unpaired) electrons. The minimum atomic E-state index is 0.646. The van der Waals surface area contributed by atoms with E-state index >= 15 is 0 Å². The van der Waals surface area contributed by atoms with Gasteiger partial charge in [0.2, 0.25) is 0 Å². The van der Waals surface area contributed by atoms with E-state index in [1.807, 2.05) is 25.3 Å². The summed E-state index contributed by atoms with van der Waals surface area (Å²) < 4.78 is 16.2. The van der Waals surface area contributed by atoms with Crippen molar-refractivity contribution >= 4 is 17.3 Å². The summed E-state index contributed by atoms with van der Waals surface area (Å²) in [7, 11) is 6.65. The van der Waals surface area contributed by atoms with E-state index in [1.165, 1.54) is 4.88 Å². The van der Waals surface area contributed by atoms with Gasteiger partial charge in [-0.3, -0.25) is 4.99 Å². The molecule has 0 aliphatic rings. The number of hydrogen-bond donors (Lipinski definition) is 2. The van der Waals surface area contributed by atoms with Gasteiger partial charge in [0.05, 0.1) is 27.9 Å². The van der Waals surface area contributed by atoms with E-state index in [4.69, 9.17) is 14.2 Å². The molecule has 7 nitrogen and oxygen atoms in total. The van der Waals surface area contributed by atoms with E-state index in [-0.39, 0.29) is 0 Å². The van der Waals surface area contributed by atoms with Gasteiger partial charge in [0, 0.05) is 42.4 Å². The third kappa shape index (κ3) is 5.26. The lowest BCUT2D eigenvalue weighted by molar-refractivity contribution is 0.368. The Morgan fingerprint density at radius 1 is 1.12 bits per heavy atom. The van der Waals surface area contributed by atoms with E-state index in [9.17, 15) is 0 Å². The Balaban J connectivity index is 1.95. The first-order valence-corrected chi connectivity index (χ1v) is 9.07. The second-order valence-electron chi connectivity index (χ2n) is 5.48. The molecule has 0 amide bonds. The Kier molecular flexibility index (Phi) is 7.53. The predicted octanol–water partition coefficient (Wildman–Crippen LogP) is 2.39. The maximum atomic E-state index is 5.48. The Bertz CT molecular complexity index is 721. The number of aliphatic imine (C=N–C) groups is 1. The molecule has 1 aromatic carbocycles. The molecule has 1 heterocycles. The number of nitrogens with zero attached hydrogens (tertiary/aromatic N) is 2. The van der Waals surface area contributed by atoms with Crippen molar-refractivity contribution in [2.24, 2.45) is 4.99 Å². The van der Waals surface area contributed by atoms with Crippen LogP contribution in [0.5, 0.6) is 17.2 Å². The smallest absolute Gasteiger partial charge is 0.191 e. The average molecular weight is 378 g/mol. The van der Waals surface area contributed by atoms with Gasteiger partial charge < -0.3 is 24.8 Å². The molecule has 0 saturated carbocycles. The van der Waals surface area contributed by atoms with E-state index in [1.54, 1.807) is 39.7 Å². The van der Waals surface area contributed by atoms with Crippen LogP contribution in [0.4, 0.5) is 0 Å². The third-order valence-electron chi connectivity index (χ3n) is 3.78. The zero-order valence-electron chi connectivity index (χ0n) is 15.9. The number of aryl methyl sites for hydroxylation is 1. The van der Waals surface area contributed by atoms with Crippen LogP contribution in [0.1, 0.15) is 15.4 Å². The van der Waals surface area contributed by atoms with Crippen LogP contribution in [-0.2, 0) is 13.0 Å². The molecule has 2 rings (SSSR count). The fraction of sp³-hybridized carbons (Fsp3) is 0.444. The molecule has 0 atom stereocenters. The molecule has 2 N–H and O–H groups in total. The number of thiazole rings is 1. The Morgan fingerprint density at radius 2 is 1.81 bits per heavy atom. The highest BCUT2D eigenvalue weighted by Crippen LogP contribution is 2.34. The molecule has 2 aromatic rings. The van der Waals surface area contributed by atoms with Crippen molar-refractivity contribution in [1.82, 2.24) is 15.6 Å². The average Bonchev–Trinajstić information content (AvgIpc) is 3.09. The van der Waals surface area contributed by atoms with Crippen molar-refractivity contribution in [1.29, 1.82) is 0 Å². The summed E-state index contributed by atoms with van der Waals surface area (Å²) in [5.41, 5.74) is 0.981. The quantitative estimate of drug-likeness (QED) is 0.543. The lowest BCUT2D eigenvalue weighted by Crippen LogP contribution is -2.37. The number of guanidine groups is 1. The van der Waals surface area contributed by atoms with Crippen LogP contribution in [0, 0.1) is 6.92 Å². The van der Waals surface area contributed by atoms with E-state index in [0.29, 0.717) is 25.3 Å². The van der Waals surface area contributed by atoms with Crippen LogP contribution in [0.25, 0.3) is 0 Å². The van der Waals surface area contributed by atoms with Crippen molar-refractivity contribution in [3.05, 3.63) is 33.8 Å². The van der Waals surface area contributed by atoms with E-state index in [2.05, 4.69) is 20.6 Å². The van der Waals surface area contributed by atoms with Gasteiger partial charge in [0.15, 0.2) is 5.96 Å². The first-order valence-electron chi connectivity index (χ1n) is 8.26. The van der Waals surface area contributed by atoms with Gasteiger partial charge in [-0.15, -0.1) is 11.3 Å². The molecule has 0 fully saturated rings. The molecule has 0 saturated heterocycles. The normalized spacial score (nSPS) is 11.2. The van der Waals surface area contributed by atoms with Crippen molar-refractivity contribution in [3.63, 3.8) is 0 Å². The number of hydrogen-bond acceptors (Lipinski definition) is 6. The van der Waals surface area contributed by atoms with Gasteiger partial charge in [-0.25, -0.2) is 4.98 Å². The van der Waals surface area contributed by atoms with Gasteiger partial charge in [0.25, 0.3) is 0 Å². The molecule has 1 aromatic heterocycles. The minimum absolute atomic E-state index is 0.646. The summed E-state index contributed by atoms with van der Waals surface area (Å²) in [5, 5.41) is 7.60. The predicted molar refractivity (Wildman–Crippen MR) is 105 cm³/mol. The summed E-state index contributed by atoms with van der Waals surface area (Å²) in [5.74, 6) is 2.91. The van der Waals surface area contributed by atoms with Gasteiger partial charge >= 0.3 is 0 Å². The highest BCUT2D eigenvalue weighted by atomic mass is 32.1. The maximum Gasteiger partial charge on any atom is 0.191 e. The van der Waals surface area contributed by atoms with Crippen molar-refractivity contribution in [2.75, 3.05) is 34.9 Å². The van der Waals surface area contributed by atoms with E-state index < -0.39 is 0 Å². The standard InChI is InChI=1S/C18H26N4O3S/c1-12-10-21-17(26-12)11-22-18(19-2)20-7-6-14-15(24-4)8-13(23-3)9-16(14)25-5/h8-10H,6-7,11H2,1-5H3,(H2,19,20,22). The molecule has 0 aliphatic heterocycles. The molecule has 0 bridgehead atoms. The van der Waals surface area contributed by atoms with Crippen molar-refractivity contribution < 1.29 is 14.2 Å². The zero-order valence-corrected chi connectivity index (χ0v) is 16.7. The van der Waals surface area contributed by atoms with Crippen molar-refractivity contribution in [2.45, 2.75) is 19.9 Å². The largest absolute Gasteiger partial charge is 0.496 e. The minimum Gasteiger partial charge on any atom is -0.496 e. The summed E-state index contributed by atoms with van der Waals surface area (Å²) in [6.07, 6.45) is 2.59. The number of methoxy groups -OCH3 is 3. The SMILES string of the molecule is CN=C(NCCc1c(OC)cc(OC)cc1OC)NCc1ncc(C)s1. The molecule has 0 unspecified atom stereocenters. The Labute approximate surface area is 158 Å². The highest BCUT2D eigenvalue weighted by Gasteiger charge is 2.13. The van der Waals surface area contributed by atoms with Crippen molar-refractivity contribution in [3.8, 4) is 17.2 Å².